The summed E-state index contributed by atoms with van der Waals surface area (Å²) in [5.41, 5.74) is -0.128. The molecule has 2 aromatic rings. The fourth-order valence-electron chi connectivity index (χ4n) is 2.75. The summed E-state index contributed by atoms with van der Waals surface area (Å²) in [5.74, 6) is -1.07. The second kappa shape index (κ2) is 8.99. The molecule has 10 nitrogen and oxygen atoms in total. The van der Waals surface area contributed by atoms with Gasteiger partial charge < -0.3 is 15.2 Å². The number of benzene rings is 1. The molecule has 164 valence electrons. The van der Waals surface area contributed by atoms with Gasteiger partial charge in [0.15, 0.2) is 0 Å². The number of ether oxygens (including phenoxy) is 1. The molecule has 1 aliphatic heterocycles. The number of rotatable bonds is 7. The number of likely N-dealkylation sites (N-methyl/N-ethyl adjacent to an activating group) is 1. The molecular weight excluding hydrogens is 454 g/mol. The summed E-state index contributed by atoms with van der Waals surface area (Å²) in [4.78, 5) is 12.3. The molecule has 1 amide bonds. The number of phenolic OH excluding ortho intramolecular Hbond substituents is 1. The molecule has 0 radical (unpaired) electrons. The van der Waals surface area contributed by atoms with Gasteiger partial charge in [0.25, 0.3) is 10.0 Å². The molecule has 1 aliphatic rings. The lowest BCUT2D eigenvalue weighted by Crippen LogP contribution is -2.40. The Balaban J connectivity index is 1.75. The van der Waals surface area contributed by atoms with Gasteiger partial charge in [-0.3, -0.25) is 4.79 Å². The van der Waals surface area contributed by atoms with Crippen LogP contribution in [0.1, 0.15) is 0 Å². The number of phenols is 1. The van der Waals surface area contributed by atoms with Crippen LogP contribution >= 0.6 is 11.3 Å². The number of carbonyl (C=O) groups excluding carboxylic acids is 1. The molecule has 0 spiro atoms. The Morgan fingerprint density at radius 2 is 1.93 bits per heavy atom. The first-order valence-electron chi connectivity index (χ1n) is 8.83. The molecule has 0 aliphatic carbocycles. The van der Waals surface area contributed by atoms with Crippen molar-refractivity contribution in [1.82, 2.24) is 8.61 Å². The summed E-state index contributed by atoms with van der Waals surface area (Å²) >= 11 is 1.03. The number of nitrogens with one attached hydrogen (secondary N) is 1. The molecule has 1 saturated heterocycles. The Kier molecular flexibility index (Phi) is 6.79. The van der Waals surface area contributed by atoms with Crippen molar-refractivity contribution < 1.29 is 31.5 Å². The largest absolute Gasteiger partial charge is 0.506 e. The number of sulfonamides is 2. The van der Waals surface area contributed by atoms with Gasteiger partial charge in [0.2, 0.25) is 15.9 Å². The zero-order valence-corrected chi connectivity index (χ0v) is 18.5. The van der Waals surface area contributed by atoms with Crippen molar-refractivity contribution in [3.63, 3.8) is 0 Å². The van der Waals surface area contributed by atoms with Crippen molar-refractivity contribution in [2.45, 2.75) is 9.10 Å². The van der Waals surface area contributed by atoms with Crippen molar-refractivity contribution in [2.75, 3.05) is 45.2 Å². The van der Waals surface area contributed by atoms with Gasteiger partial charge in [-0.15, -0.1) is 11.3 Å². The third-order valence-corrected chi connectivity index (χ3v) is 9.45. The maximum atomic E-state index is 12.8. The van der Waals surface area contributed by atoms with E-state index in [2.05, 4.69) is 5.32 Å². The minimum atomic E-state index is -3.83. The number of carbonyl (C=O) groups is 1. The van der Waals surface area contributed by atoms with E-state index in [1.807, 2.05) is 0 Å². The molecule has 0 saturated carbocycles. The van der Waals surface area contributed by atoms with Gasteiger partial charge >= 0.3 is 0 Å². The van der Waals surface area contributed by atoms with E-state index in [0.717, 1.165) is 27.8 Å². The van der Waals surface area contributed by atoms with E-state index in [0.29, 0.717) is 0 Å². The van der Waals surface area contributed by atoms with E-state index in [9.17, 15) is 26.7 Å². The lowest BCUT2D eigenvalue weighted by Gasteiger charge is -2.26. The highest BCUT2D eigenvalue weighted by Crippen LogP contribution is 2.28. The number of hydrogen-bond donors (Lipinski definition) is 2. The van der Waals surface area contributed by atoms with Gasteiger partial charge in [0.1, 0.15) is 9.96 Å². The zero-order valence-electron chi connectivity index (χ0n) is 16.0. The third kappa shape index (κ3) is 4.82. The highest BCUT2D eigenvalue weighted by Gasteiger charge is 2.28. The summed E-state index contributed by atoms with van der Waals surface area (Å²) in [5, 5.41) is 14.0. The van der Waals surface area contributed by atoms with Crippen LogP contribution in [0.15, 0.2) is 44.8 Å². The first-order chi connectivity index (χ1) is 14.1. The van der Waals surface area contributed by atoms with Gasteiger partial charge in [-0.05, 0) is 29.6 Å². The zero-order chi connectivity index (χ0) is 21.9. The fourth-order valence-corrected chi connectivity index (χ4v) is 6.52. The van der Waals surface area contributed by atoms with Crippen LogP contribution in [0.25, 0.3) is 0 Å². The normalized spacial score (nSPS) is 15.9. The first kappa shape index (κ1) is 22.7. The van der Waals surface area contributed by atoms with Crippen molar-refractivity contribution in [3.05, 3.63) is 35.7 Å². The van der Waals surface area contributed by atoms with Crippen LogP contribution in [0.5, 0.6) is 5.75 Å². The van der Waals surface area contributed by atoms with Crippen molar-refractivity contribution in [1.29, 1.82) is 0 Å². The second-order valence-electron chi connectivity index (χ2n) is 6.44. The van der Waals surface area contributed by atoms with Gasteiger partial charge in [-0.1, -0.05) is 6.07 Å². The molecule has 13 heteroatoms. The summed E-state index contributed by atoms with van der Waals surface area (Å²) in [7, 11) is -6.39. The molecule has 30 heavy (non-hydrogen) atoms. The van der Waals surface area contributed by atoms with Gasteiger partial charge in [-0.25, -0.2) is 16.8 Å². The number of aromatic hydroxyl groups is 1. The summed E-state index contributed by atoms with van der Waals surface area (Å²) in [6, 6.07) is 6.56. The Bertz CT molecular complexity index is 1110. The molecule has 2 heterocycles. The second-order valence-corrected chi connectivity index (χ2v) is 11.6. The highest BCUT2D eigenvalue weighted by molar-refractivity contribution is 7.91. The minimum Gasteiger partial charge on any atom is -0.506 e. The molecular formula is C17H21N3O7S3. The van der Waals surface area contributed by atoms with Crippen LogP contribution in [0.4, 0.5) is 5.69 Å². The van der Waals surface area contributed by atoms with E-state index in [4.69, 9.17) is 4.74 Å². The summed E-state index contributed by atoms with van der Waals surface area (Å²) < 4.78 is 57.8. The standard InChI is InChI=1S/C17H21N3O7S3/c1-19(30(25,26)17-3-2-10-28-17)12-16(22)18-14-11-13(4-5-15(14)21)29(23,24)20-6-8-27-9-7-20/h2-5,10-11,21H,6-9,12H2,1H3,(H,18,22). The van der Waals surface area contributed by atoms with Gasteiger partial charge in [0, 0.05) is 20.1 Å². The van der Waals surface area contributed by atoms with Crippen molar-refractivity contribution >= 4 is 43.0 Å². The van der Waals surface area contributed by atoms with Crippen LogP contribution in [-0.2, 0) is 29.6 Å². The van der Waals surface area contributed by atoms with Crippen LogP contribution < -0.4 is 5.32 Å². The average Bonchev–Trinajstić information content (AvgIpc) is 3.26. The summed E-state index contributed by atoms with van der Waals surface area (Å²) in [6.07, 6.45) is 0. The van der Waals surface area contributed by atoms with E-state index >= 15 is 0 Å². The molecule has 1 fully saturated rings. The molecule has 3 rings (SSSR count). The van der Waals surface area contributed by atoms with Crippen LogP contribution in [-0.4, -0.2) is 76.4 Å². The number of nitrogens with zero attached hydrogens (tertiary/aromatic N) is 2. The smallest absolute Gasteiger partial charge is 0.252 e. The van der Waals surface area contributed by atoms with Crippen molar-refractivity contribution in [2.24, 2.45) is 0 Å². The molecule has 1 aromatic carbocycles. The third-order valence-electron chi connectivity index (χ3n) is 4.38. The number of morpholine rings is 1. The minimum absolute atomic E-state index is 0.0965. The summed E-state index contributed by atoms with van der Waals surface area (Å²) in [6.45, 7) is 0.463. The predicted octanol–water partition coefficient (Wildman–Crippen LogP) is 0.734. The van der Waals surface area contributed by atoms with Gasteiger partial charge in [-0.2, -0.15) is 8.61 Å². The Labute approximate surface area is 178 Å². The van der Waals surface area contributed by atoms with Crippen molar-refractivity contribution in [3.8, 4) is 5.75 Å². The van der Waals surface area contributed by atoms with Gasteiger partial charge in [0.05, 0.1) is 30.3 Å². The van der Waals surface area contributed by atoms with Crippen LogP contribution in [0, 0.1) is 0 Å². The lowest BCUT2D eigenvalue weighted by molar-refractivity contribution is -0.116. The maximum Gasteiger partial charge on any atom is 0.252 e. The molecule has 0 bridgehead atoms. The Morgan fingerprint density at radius 3 is 2.57 bits per heavy atom. The lowest BCUT2D eigenvalue weighted by atomic mass is 10.3. The molecule has 0 atom stereocenters. The number of thiophene rings is 1. The average molecular weight is 476 g/mol. The molecule has 0 unspecified atom stereocenters. The van der Waals surface area contributed by atoms with E-state index in [1.165, 1.54) is 23.5 Å². The molecule has 1 aromatic heterocycles. The van der Waals surface area contributed by atoms with Crippen LogP contribution in [0.2, 0.25) is 0 Å². The Hall–Kier alpha value is -2.03. The van der Waals surface area contributed by atoms with Crippen LogP contribution in [0.3, 0.4) is 0 Å². The number of amides is 1. The number of hydrogen-bond acceptors (Lipinski definition) is 8. The van der Waals surface area contributed by atoms with E-state index < -0.39 is 32.5 Å². The monoisotopic (exact) mass is 475 g/mol. The molecule has 2 N–H and O–H groups in total. The van der Waals surface area contributed by atoms with E-state index in [-0.39, 0.29) is 46.8 Å². The quantitative estimate of drug-likeness (QED) is 0.564. The van der Waals surface area contributed by atoms with E-state index in [1.54, 1.807) is 11.4 Å². The SMILES string of the molecule is CN(CC(=O)Nc1cc(S(=O)(=O)N2CCOCC2)ccc1O)S(=O)(=O)c1cccs1. The first-order valence-corrected chi connectivity index (χ1v) is 12.6. The Morgan fingerprint density at radius 1 is 1.23 bits per heavy atom. The fraction of sp³-hybridized carbons (Fsp3) is 0.353. The maximum absolute atomic E-state index is 12.8. The highest BCUT2D eigenvalue weighted by atomic mass is 32.2. The predicted molar refractivity (Wildman–Crippen MR) is 110 cm³/mol. The number of anilines is 1. The topological polar surface area (TPSA) is 133 Å².